The Labute approximate surface area is 159 Å². The van der Waals surface area contributed by atoms with E-state index in [1.807, 2.05) is 36.4 Å². The van der Waals surface area contributed by atoms with Crippen molar-refractivity contribution in [3.05, 3.63) is 71.3 Å². The van der Waals surface area contributed by atoms with Gasteiger partial charge in [0.25, 0.3) is 0 Å². The minimum Gasteiger partial charge on any atom is -0.478 e. The van der Waals surface area contributed by atoms with Gasteiger partial charge in [0.2, 0.25) is 0 Å². The topological polar surface area (TPSA) is 52.9 Å². The van der Waals surface area contributed by atoms with Crippen LogP contribution in [0, 0.1) is 0 Å². The van der Waals surface area contributed by atoms with Crippen LogP contribution in [-0.2, 0) is 0 Å². The Balaban J connectivity index is 0.00000156. The van der Waals surface area contributed by atoms with Gasteiger partial charge in [-0.15, -0.1) is 24.8 Å². The number of para-hydroxylation sites is 1. The number of allylic oxidation sites excluding steroid dienone is 1. The number of benzodiazepines with no additional fused rings is 1. The second-order valence-electron chi connectivity index (χ2n) is 5.43. The summed E-state index contributed by atoms with van der Waals surface area (Å²) in [5, 5.41) is 9.27. The van der Waals surface area contributed by atoms with Gasteiger partial charge in [0, 0.05) is 24.8 Å². The summed E-state index contributed by atoms with van der Waals surface area (Å²) in [6.07, 6.45) is 3.73. The third kappa shape index (κ3) is 4.62. The number of halogens is 2. The van der Waals surface area contributed by atoms with E-state index in [1.54, 1.807) is 18.2 Å². The van der Waals surface area contributed by atoms with Crippen molar-refractivity contribution in [1.82, 2.24) is 0 Å². The van der Waals surface area contributed by atoms with Gasteiger partial charge in [-0.25, -0.2) is 4.79 Å². The second-order valence-corrected chi connectivity index (χ2v) is 5.43. The van der Waals surface area contributed by atoms with Crippen molar-refractivity contribution in [3.8, 4) is 0 Å². The normalized spacial score (nSPS) is 13.2. The highest BCUT2D eigenvalue weighted by Gasteiger charge is 2.14. The number of carboxylic acids is 1. The Morgan fingerprint density at radius 2 is 1.76 bits per heavy atom. The molecule has 1 heterocycles. The molecule has 0 aromatic heterocycles. The van der Waals surface area contributed by atoms with Gasteiger partial charge in [0.15, 0.2) is 0 Å². The molecule has 0 saturated heterocycles. The Hall–Kier alpha value is -2.30. The monoisotopic (exact) mass is 378 g/mol. The summed E-state index contributed by atoms with van der Waals surface area (Å²) in [7, 11) is 2.06. The van der Waals surface area contributed by atoms with Crippen molar-refractivity contribution in [2.24, 2.45) is 4.99 Å². The fourth-order valence-electron chi connectivity index (χ4n) is 2.70. The molecule has 4 nitrogen and oxygen atoms in total. The average Bonchev–Trinajstić information content (AvgIpc) is 2.73. The number of fused-ring (bicyclic) bond motifs is 1. The van der Waals surface area contributed by atoms with Crippen molar-refractivity contribution in [3.63, 3.8) is 0 Å². The number of likely N-dealkylation sites (N-methyl/N-ethyl adjacent to an activating group) is 1. The highest BCUT2D eigenvalue weighted by molar-refractivity contribution is 6.14. The number of aliphatic imine (C=N–C) groups is 1. The summed E-state index contributed by atoms with van der Waals surface area (Å²) >= 11 is 0. The van der Waals surface area contributed by atoms with Crippen LogP contribution in [0.4, 0.5) is 5.69 Å². The first-order valence-corrected chi connectivity index (χ1v) is 7.52. The molecule has 1 N–H and O–H groups in total. The van der Waals surface area contributed by atoms with Crippen LogP contribution in [0.1, 0.15) is 21.5 Å². The number of hydrogen-bond acceptors (Lipinski definition) is 3. The molecule has 0 saturated carbocycles. The zero-order valence-corrected chi connectivity index (χ0v) is 15.4. The predicted octanol–water partition coefficient (Wildman–Crippen LogP) is 4.18. The van der Waals surface area contributed by atoms with Crippen molar-refractivity contribution < 1.29 is 9.90 Å². The van der Waals surface area contributed by atoms with Crippen LogP contribution >= 0.6 is 24.8 Å². The highest BCUT2D eigenvalue weighted by atomic mass is 35.5. The van der Waals surface area contributed by atoms with Gasteiger partial charge in [-0.3, -0.25) is 4.99 Å². The zero-order valence-electron chi connectivity index (χ0n) is 13.8. The molecule has 0 aliphatic carbocycles. The predicted molar refractivity (Wildman–Crippen MR) is 108 cm³/mol. The minimum absolute atomic E-state index is 0. The van der Waals surface area contributed by atoms with E-state index in [0.717, 1.165) is 23.5 Å². The summed E-state index contributed by atoms with van der Waals surface area (Å²) in [5.41, 5.74) is 4.06. The van der Waals surface area contributed by atoms with E-state index in [2.05, 4.69) is 23.0 Å². The fourth-order valence-corrected chi connectivity index (χ4v) is 2.70. The fraction of sp³-hybridized carbons (Fsp3) is 0.158. The molecule has 132 valence electrons. The second kappa shape index (κ2) is 9.25. The third-order valence-corrected chi connectivity index (χ3v) is 3.92. The summed E-state index contributed by atoms with van der Waals surface area (Å²) in [6.45, 7) is 1.57. The maximum absolute atomic E-state index is 11.3. The highest BCUT2D eigenvalue weighted by Crippen LogP contribution is 2.23. The lowest BCUT2D eigenvalue weighted by Gasteiger charge is -2.18. The maximum Gasteiger partial charge on any atom is 0.336 e. The van der Waals surface area contributed by atoms with Crippen LogP contribution in [0.2, 0.25) is 0 Å². The summed E-state index contributed by atoms with van der Waals surface area (Å²) in [4.78, 5) is 18.1. The molecular weight excluding hydrogens is 359 g/mol. The van der Waals surface area contributed by atoms with Crippen LogP contribution in [0.3, 0.4) is 0 Å². The number of benzene rings is 2. The van der Waals surface area contributed by atoms with E-state index in [1.165, 1.54) is 0 Å². The SMILES string of the molecule is CN1CCN=C(/C=C/c2ccccc2C(=O)O)c2ccccc21.Cl.Cl. The van der Waals surface area contributed by atoms with Crippen molar-refractivity contribution in [2.45, 2.75) is 0 Å². The molecule has 0 radical (unpaired) electrons. The lowest BCUT2D eigenvalue weighted by molar-refractivity contribution is 0.0696. The number of aromatic carboxylic acids is 1. The molecule has 0 atom stereocenters. The van der Waals surface area contributed by atoms with E-state index >= 15 is 0 Å². The number of carboxylic acid groups (broad SMARTS) is 1. The lowest BCUT2D eigenvalue weighted by Crippen LogP contribution is -2.20. The molecule has 0 amide bonds. The van der Waals surface area contributed by atoms with Crippen LogP contribution in [0.25, 0.3) is 6.08 Å². The molecule has 6 heteroatoms. The molecule has 2 aromatic carbocycles. The van der Waals surface area contributed by atoms with Gasteiger partial charge in [0.1, 0.15) is 0 Å². The molecular formula is C19H20Cl2N2O2. The number of anilines is 1. The number of nitrogens with zero attached hydrogens (tertiary/aromatic N) is 2. The maximum atomic E-state index is 11.3. The Bertz CT molecular complexity index is 804. The number of carbonyl (C=O) groups is 1. The molecule has 0 spiro atoms. The van der Waals surface area contributed by atoms with Gasteiger partial charge < -0.3 is 10.0 Å². The smallest absolute Gasteiger partial charge is 0.336 e. The Morgan fingerprint density at radius 3 is 2.52 bits per heavy atom. The van der Waals surface area contributed by atoms with E-state index in [4.69, 9.17) is 0 Å². The first kappa shape index (κ1) is 20.7. The molecule has 1 aliphatic rings. The zero-order chi connectivity index (χ0) is 16.2. The molecule has 3 rings (SSSR count). The van der Waals surface area contributed by atoms with Crippen LogP contribution in [0.5, 0.6) is 0 Å². The quantitative estimate of drug-likeness (QED) is 0.871. The molecule has 0 unspecified atom stereocenters. The summed E-state index contributed by atoms with van der Waals surface area (Å²) in [5.74, 6) is -0.923. The molecule has 0 fully saturated rings. The van der Waals surface area contributed by atoms with E-state index < -0.39 is 5.97 Å². The number of rotatable bonds is 3. The van der Waals surface area contributed by atoms with Gasteiger partial charge in [0.05, 0.1) is 17.8 Å². The van der Waals surface area contributed by atoms with Crippen LogP contribution in [0.15, 0.2) is 59.6 Å². The van der Waals surface area contributed by atoms with Crippen molar-refractivity contribution in [2.75, 3.05) is 25.0 Å². The summed E-state index contributed by atoms with van der Waals surface area (Å²) in [6, 6.07) is 15.1. The standard InChI is InChI=1S/C19H18N2O2.2ClH/c1-21-13-12-20-17(16-8-4-5-9-18(16)21)11-10-14-6-2-3-7-15(14)19(22)23;;/h2-11H,12-13H2,1H3,(H,22,23);2*1H/b11-10+;;. The molecule has 2 aromatic rings. The average molecular weight is 379 g/mol. The van der Waals surface area contributed by atoms with Crippen molar-refractivity contribution in [1.29, 1.82) is 0 Å². The van der Waals surface area contributed by atoms with Crippen molar-refractivity contribution >= 4 is 48.3 Å². The van der Waals surface area contributed by atoms with Crippen LogP contribution < -0.4 is 4.90 Å². The largest absolute Gasteiger partial charge is 0.478 e. The van der Waals surface area contributed by atoms with Gasteiger partial charge >= 0.3 is 5.97 Å². The van der Waals surface area contributed by atoms with Gasteiger partial charge in [-0.2, -0.15) is 0 Å². The lowest BCUT2D eigenvalue weighted by atomic mass is 10.0. The Morgan fingerprint density at radius 1 is 1.08 bits per heavy atom. The minimum atomic E-state index is -0.923. The first-order valence-electron chi connectivity index (χ1n) is 7.52. The van der Waals surface area contributed by atoms with E-state index in [-0.39, 0.29) is 24.8 Å². The van der Waals surface area contributed by atoms with Gasteiger partial charge in [-0.1, -0.05) is 42.5 Å². The van der Waals surface area contributed by atoms with Crippen LogP contribution in [-0.4, -0.2) is 36.9 Å². The first-order chi connectivity index (χ1) is 11.2. The number of hydrogen-bond donors (Lipinski definition) is 1. The third-order valence-electron chi connectivity index (χ3n) is 3.92. The molecule has 0 bridgehead atoms. The van der Waals surface area contributed by atoms with E-state index in [0.29, 0.717) is 17.7 Å². The van der Waals surface area contributed by atoms with Gasteiger partial charge in [-0.05, 0) is 23.8 Å². The van der Waals surface area contributed by atoms with E-state index in [9.17, 15) is 9.90 Å². The Kier molecular flexibility index (Phi) is 7.68. The summed E-state index contributed by atoms with van der Waals surface area (Å²) < 4.78 is 0. The molecule has 25 heavy (non-hydrogen) atoms. The molecule has 1 aliphatic heterocycles.